The molecule has 0 unspecified atom stereocenters. The minimum atomic E-state index is -0.619. The van der Waals surface area contributed by atoms with Crippen molar-refractivity contribution in [2.75, 3.05) is 6.61 Å². The van der Waals surface area contributed by atoms with E-state index < -0.39 is 5.97 Å². The van der Waals surface area contributed by atoms with Crippen LogP contribution in [0.5, 0.6) is 0 Å². The van der Waals surface area contributed by atoms with Crippen molar-refractivity contribution in [2.24, 2.45) is 0 Å². The predicted molar refractivity (Wildman–Crippen MR) is 56.7 cm³/mol. The maximum Gasteiger partial charge on any atom is 0.386 e. The van der Waals surface area contributed by atoms with Gasteiger partial charge in [0.1, 0.15) is 0 Å². The highest BCUT2D eigenvalue weighted by atomic mass is 16.5. The van der Waals surface area contributed by atoms with Crippen LogP contribution in [0.25, 0.3) is 0 Å². The van der Waals surface area contributed by atoms with Crippen LogP contribution in [0, 0.1) is 12.0 Å². The van der Waals surface area contributed by atoms with Crippen LogP contribution in [0.3, 0.4) is 0 Å². The van der Waals surface area contributed by atoms with Gasteiger partial charge in [0, 0.05) is 18.4 Å². The number of carbonyl (C=O) groups excluding carboxylic acids is 2. The Bertz CT molecular complexity index is 263. The molecule has 4 nitrogen and oxygen atoms in total. The van der Waals surface area contributed by atoms with Gasteiger partial charge in [-0.3, -0.25) is 10.1 Å². The van der Waals surface area contributed by atoms with Gasteiger partial charge >= 0.3 is 5.97 Å². The predicted octanol–water partition coefficient (Wildman–Crippen LogP) is 1.21. The van der Waals surface area contributed by atoms with E-state index in [2.05, 4.69) is 28.9 Å². The summed E-state index contributed by atoms with van der Waals surface area (Å²) >= 11 is 0. The Labute approximate surface area is 90.4 Å². The fourth-order valence-corrected chi connectivity index (χ4v) is 0.917. The van der Waals surface area contributed by atoms with E-state index in [1.54, 1.807) is 6.92 Å². The Morgan fingerprint density at radius 3 is 2.60 bits per heavy atom. The first kappa shape index (κ1) is 13.5. The van der Waals surface area contributed by atoms with E-state index in [1.807, 2.05) is 0 Å². The normalized spacial score (nSPS) is 8.67. The number of hydrogen-bond acceptors (Lipinski definition) is 3. The third kappa shape index (κ3) is 8.82. The topological polar surface area (TPSA) is 55.4 Å². The molecule has 0 aromatic heterocycles. The van der Waals surface area contributed by atoms with Crippen LogP contribution in [0.1, 0.15) is 39.5 Å². The van der Waals surface area contributed by atoms with Gasteiger partial charge in [-0.2, -0.15) is 0 Å². The molecule has 0 saturated heterocycles. The van der Waals surface area contributed by atoms with E-state index in [1.165, 1.54) is 0 Å². The summed E-state index contributed by atoms with van der Waals surface area (Å²) in [5, 5.41) is 2.33. The Morgan fingerprint density at radius 2 is 2.00 bits per heavy atom. The fraction of sp³-hybridized carbons (Fsp3) is 0.636. The molecule has 0 radical (unpaired) electrons. The standard InChI is InChI=1S/C11H17NO3/c1-3-5-6-7-10(13)12-9-8-11(14)15-4-2/h3-7H2,1-2H3,(H,12,13). The molecule has 15 heavy (non-hydrogen) atoms. The highest BCUT2D eigenvalue weighted by Gasteiger charge is 1.98. The maximum absolute atomic E-state index is 11.1. The molecule has 0 aliphatic heterocycles. The molecule has 0 aliphatic carbocycles. The third-order valence-electron chi connectivity index (χ3n) is 1.65. The van der Waals surface area contributed by atoms with Gasteiger partial charge in [0.25, 0.3) is 0 Å². The number of ether oxygens (including phenoxy) is 1. The van der Waals surface area contributed by atoms with Crippen molar-refractivity contribution < 1.29 is 14.3 Å². The molecule has 0 rings (SSSR count). The smallest absolute Gasteiger partial charge is 0.386 e. The van der Waals surface area contributed by atoms with Gasteiger partial charge in [-0.1, -0.05) is 19.8 Å². The summed E-state index contributed by atoms with van der Waals surface area (Å²) in [6.45, 7) is 4.05. The number of rotatable bonds is 5. The summed E-state index contributed by atoms with van der Waals surface area (Å²) in [7, 11) is 0. The average molecular weight is 211 g/mol. The minimum absolute atomic E-state index is 0.153. The van der Waals surface area contributed by atoms with Gasteiger partial charge < -0.3 is 4.74 Å². The van der Waals surface area contributed by atoms with Gasteiger partial charge in [-0.25, -0.2) is 4.79 Å². The number of esters is 1. The Balaban J connectivity index is 3.64. The summed E-state index contributed by atoms with van der Waals surface area (Å²) in [6, 6.07) is 2.27. The van der Waals surface area contributed by atoms with Crippen molar-refractivity contribution in [1.82, 2.24) is 5.32 Å². The van der Waals surface area contributed by atoms with Crippen molar-refractivity contribution in [1.29, 1.82) is 0 Å². The maximum atomic E-state index is 11.1. The van der Waals surface area contributed by atoms with Crippen molar-refractivity contribution in [3.63, 3.8) is 0 Å². The lowest BCUT2D eigenvalue weighted by atomic mass is 10.2. The monoisotopic (exact) mass is 211 g/mol. The molecule has 1 N–H and O–H groups in total. The second-order valence-electron chi connectivity index (χ2n) is 2.98. The van der Waals surface area contributed by atoms with Crippen LogP contribution < -0.4 is 5.32 Å². The first-order chi connectivity index (χ1) is 7.20. The Morgan fingerprint density at radius 1 is 1.27 bits per heavy atom. The Kier molecular flexibility index (Phi) is 8.16. The highest BCUT2D eigenvalue weighted by Crippen LogP contribution is 1.97. The van der Waals surface area contributed by atoms with E-state index >= 15 is 0 Å². The van der Waals surface area contributed by atoms with Crippen molar-refractivity contribution in [2.45, 2.75) is 39.5 Å². The van der Waals surface area contributed by atoms with Crippen molar-refractivity contribution >= 4 is 11.9 Å². The molecule has 0 aromatic rings. The zero-order chi connectivity index (χ0) is 11.5. The van der Waals surface area contributed by atoms with E-state index in [-0.39, 0.29) is 12.5 Å². The second-order valence-corrected chi connectivity index (χ2v) is 2.98. The zero-order valence-corrected chi connectivity index (χ0v) is 9.26. The summed E-state index contributed by atoms with van der Waals surface area (Å²) in [5.74, 6) is 1.39. The number of nitrogens with one attached hydrogen (secondary N) is 1. The number of hydrogen-bond donors (Lipinski definition) is 1. The molecule has 0 spiro atoms. The van der Waals surface area contributed by atoms with E-state index in [0.29, 0.717) is 6.42 Å². The Hall–Kier alpha value is -1.50. The van der Waals surface area contributed by atoms with Gasteiger partial charge in [0.15, 0.2) is 0 Å². The largest absolute Gasteiger partial charge is 0.456 e. The lowest BCUT2D eigenvalue weighted by Crippen LogP contribution is -2.17. The van der Waals surface area contributed by atoms with Crippen LogP contribution in [-0.2, 0) is 14.3 Å². The van der Waals surface area contributed by atoms with Crippen LogP contribution in [0.15, 0.2) is 0 Å². The van der Waals surface area contributed by atoms with Crippen molar-refractivity contribution in [3.8, 4) is 12.0 Å². The van der Waals surface area contributed by atoms with Crippen LogP contribution in [0.2, 0.25) is 0 Å². The lowest BCUT2D eigenvalue weighted by Gasteiger charge is -1.96. The summed E-state index contributed by atoms with van der Waals surface area (Å²) in [6.07, 6.45) is 3.40. The highest BCUT2D eigenvalue weighted by molar-refractivity contribution is 5.89. The van der Waals surface area contributed by atoms with E-state index in [4.69, 9.17) is 0 Å². The molecule has 0 aromatic carbocycles. The van der Waals surface area contributed by atoms with Crippen LogP contribution in [0.4, 0.5) is 0 Å². The molecule has 0 fully saturated rings. The van der Waals surface area contributed by atoms with Gasteiger partial charge in [-0.15, -0.1) is 0 Å². The molecule has 0 heterocycles. The van der Waals surface area contributed by atoms with Crippen LogP contribution >= 0.6 is 0 Å². The number of unbranched alkanes of at least 4 members (excludes halogenated alkanes) is 2. The molecular weight excluding hydrogens is 194 g/mol. The van der Waals surface area contributed by atoms with Crippen molar-refractivity contribution in [3.05, 3.63) is 0 Å². The molecule has 0 atom stereocenters. The zero-order valence-electron chi connectivity index (χ0n) is 9.26. The van der Waals surface area contributed by atoms with Gasteiger partial charge in [0.05, 0.1) is 6.61 Å². The SMILES string of the molecule is CCCCCC(=O)NC#CC(=O)OCC. The van der Waals surface area contributed by atoms with Gasteiger partial charge in [0.2, 0.25) is 5.91 Å². The lowest BCUT2D eigenvalue weighted by molar-refractivity contribution is -0.136. The fourth-order valence-electron chi connectivity index (χ4n) is 0.917. The molecule has 84 valence electrons. The van der Waals surface area contributed by atoms with Crippen LogP contribution in [-0.4, -0.2) is 18.5 Å². The molecule has 0 saturated carbocycles. The molecule has 4 heteroatoms. The molecule has 0 aliphatic rings. The summed E-state index contributed by atoms with van der Waals surface area (Å²) in [5.41, 5.74) is 0. The minimum Gasteiger partial charge on any atom is -0.456 e. The van der Waals surface area contributed by atoms with E-state index in [9.17, 15) is 9.59 Å². The third-order valence-corrected chi connectivity index (χ3v) is 1.65. The average Bonchev–Trinajstić information content (AvgIpc) is 2.18. The number of amides is 1. The first-order valence-corrected chi connectivity index (χ1v) is 5.17. The molecule has 1 amide bonds. The van der Waals surface area contributed by atoms with Gasteiger partial charge in [-0.05, 0) is 13.3 Å². The quantitative estimate of drug-likeness (QED) is 0.322. The summed E-state index contributed by atoms with van der Waals surface area (Å²) in [4.78, 5) is 21.8. The second kappa shape index (κ2) is 9.07. The molecule has 0 bridgehead atoms. The number of carbonyl (C=O) groups is 2. The summed E-state index contributed by atoms with van der Waals surface area (Å²) < 4.78 is 4.56. The molecular formula is C11H17NO3. The van der Waals surface area contributed by atoms with E-state index in [0.717, 1.165) is 19.3 Å². The first-order valence-electron chi connectivity index (χ1n) is 5.17.